The van der Waals surface area contributed by atoms with Crippen LogP contribution in [-0.2, 0) is 11.3 Å². The second-order valence-corrected chi connectivity index (χ2v) is 6.09. The van der Waals surface area contributed by atoms with Crippen molar-refractivity contribution in [1.29, 1.82) is 0 Å². The Morgan fingerprint density at radius 2 is 1.95 bits per heavy atom. The van der Waals surface area contributed by atoms with Crippen molar-refractivity contribution in [3.63, 3.8) is 0 Å². The minimum Gasteiger partial charge on any atom is -0.395 e. The second kappa shape index (κ2) is 8.32. The molecule has 0 saturated carbocycles. The highest BCUT2D eigenvalue weighted by molar-refractivity contribution is 5.16. The summed E-state index contributed by atoms with van der Waals surface area (Å²) in [7, 11) is 0. The van der Waals surface area contributed by atoms with Gasteiger partial charge < -0.3 is 9.84 Å². The molecule has 2 rings (SSSR count). The number of ether oxygens (including phenoxy) is 1. The third-order valence-electron chi connectivity index (χ3n) is 4.04. The number of rotatable bonds is 7. The van der Waals surface area contributed by atoms with Crippen LogP contribution in [0.4, 0.5) is 0 Å². The summed E-state index contributed by atoms with van der Waals surface area (Å²) < 4.78 is 5.55. The molecule has 1 atom stereocenters. The highest BCUT2D eigenvalue weighted by Gasteiger charge is 2.22. The Kier molecular flexibility index (Phi) is 6.43. The van der Waals surface area contributed by atoms with Crippen LogP contribution in [0.3, 0.4) is 0 Å². The summed E-state index contributed by atoms with van der Waals surface area (Å²) in [5.74, 6) is 0.420. The van der Waals surface area contributed by atoms with Gasteiger partial charge in [-0.05, 0) is 23.5 Å². The molecule has 0 fully saturated rings. The summed E-state index contributed by atoms with van der Waals surface area (Å²) in [6.07, 6.45) is 3.29. The molecule has 116 valence electrons. The first-order valence-electron chi connectivity index (χ1n) is 7.85. The molecule has 0 aliphatic carbocycles. The highest BCUT2D eigenvalue weighted by Crippen LogP contribution is 2.18. The summed E-state index contributed by atoms with van der Waals surface area (Å²) >= 11 is 0. The van der Waals surface area contributed by atoms with Crippen LogP contribution in [0.5, 0.6) is 0 Å². The van der Waals surface area contributed by atoms with Crippen molar-refractivity contribution in [2.24, 2.45) is 5.92 Å². The highest BCUT2D eigenvalue weighted by atomic mass is 16.5. The third kappa shape index (κ3) is 4.95. The first-order chi connectivity index (χ1) is 10.2. The van der Waals surface area contributed by atoms with Gasteiger partial charge >= 0.3 is 0 Å². The van der Waals surface area contributed by atoms with E-state index < -0.39 is 0 Å². The van der Waals surface area contributed by atoms with Crippen LogP contribution >= 0.6 is 0 Å². The summed E-state index contributed by atoms with van der Waals surface area (Å²) in [6, 6.07) is 10.6. The Labute approximate surface area is 128 Å². The van der Waals surface area contributed by atoms with E-state index in [0.29, 0.717) is 5.92 Å². The SMILES string of the molecule is CC(C)C(CO)N(CC1=CCCOC1)Cc1ccccc1. The maximum absolute atomic E-state index is 9.78. The van der Waals surface area contributed by atoms with Crippen LogP contribution in [-0.4, -0.2) is 42.4 Å². The molecular weight excluding hydrogens is 262 g/mol. The fourth-order valence-electron chi connectivity index (χ4n) is 2.84. The van der Waals surface area contributed by atoms with Crippen molar-refractivity contribution in [1.82, 2.24) is 4.90 Å². The molecule has 3 heteroatoms. The fourth-order valence-corrected chi connectivity index (χ4v) is 2.84. The van der Waals surface area contributed by atoms with E-state index in [4.69, 9.17) is 4.74 Å². The van der Waals surface area contributed by atoms with Gasteiger partial charge in [0.15, 0.2) is 0 Å². The zero-order valence-corrected chi connectivity index (χ0v) is 13.2. The van der Waals surface area contributed by atoms with Crippen molar-refractivity contribution in [2.45, 2.75) is 32.9 Å². The van der Waals surface area contributed by atoms with E-state index in [-0.39, 0.29) is 12.6 Å². The standard InChI is InChI=1S/C18H27NO2/c1-15(2)18(13-20)19(11-16-7-4-3-5-8-16)12-17-9-6-10-21-14-17/h3-5,7-9,15,18,20H,6,10-14H2,1-2H3. The van der Waals surface area contributed by atoms with Gasteiger partial charge in [-0.1, -0.05) is 50.3 Å². The molecule has 0 aromatic heterocycles. The van der Waals surface area contributed by atoms with Crippen molar-refractivity contribution in [2.75, 3.05) is 26.4 Å². The van der Waals surface area contributed by atoms with E-state index in [1.165, 1.54) is 11.1 Å². The number of benzene rings is 1. The van der Waals surface area contributed by atoms with E-state index in [1.54, 1.807) is 0 Å². The van der Waals surface area contributed by atoms with Crippen LogP contribution in [0.15, 0.2) is 42.0 Å². The van der Waals surface area contributed by atoms with Crippen LogP contribution in [0.25, 0.3) is 0 Å². The Bertz CT molecular complexity index is 442. The minimum absolute atomic E-state index is 0.174. The van der Waals surface area contributed by atoms with Gasteiger partial charge in [0.2, 0.25) is 0 Å². The van der Waals surface area contributed by atoms with E-state index in [2.05, 4.69) is 49.1 Å². The Balaban J connectivity index is 2.10. The molecule has 1 N–H and O–H groups in total. The normalized spacial score (nSPS) is 17.1. The zero-order valence-electron chi connectivity index (χ0n) is 13.2. The smallest absolute Gasteiger partial charge is 0.0689 e. The van der Waals surface area contributed by atoms with Crippen molar-refractivity contribution in [3.8, 4) is 0 Å². The van der Waals surface area contributed by atoms with Gasteiger partial charge in [-0.2, -0.15) is 0 Å². The molecule has 21 heavy (non-hydrogen) atoms. The Morgan fingerprint density at radius 1 is 1.19 bits per heavy atom. The van der Waals surface area contributed by atoms with E-state index in [1.807, 2.05) is 6.07 Å². The zero-order chi connectivity index (χ0) is 15.1. The first-order valence-corrected chi connectivity index (χ1v) is 7.85. The van der Waals surface area contributed by atoms with Gasteiger partial charge in [-0.3, -0.25) is 4.90 Å². The minimum atomic E-state index is 0.174. The van der Waals surface area contributed by atoms with Crippen LogP contribution < -0.4 is 0 Å². The third-order valence-corrected chi connectivity index (χ3v) is 4.04. The average Bonchev–Trinajstić information content (AvgIpc) is 2.49. The molecule has 0 spiro atoms. The molecule has 1 aliphatic rings. The summed E-state index contributed by atoms with van der Waals surface area (Å²) in [6.45, 7) is 7.82. The maximum atomic E-state index is 9.78. The van der Waals surface area contributed by atoms with Gasteiger partial charge in [-0.25, -0.2) is 0 Å². The van der Waals surface area contributed by atoms with E-state index in [0.717, 1.165) is 32.7 Å². The van der Waals surface area contributed by atoms with Crippen molar-refractivity contribution in [3.05, 3.63) is 47.5 Å². The quantitative estimate of drug-likeness (QED) is 0.784. The maximum Gasteiger partial charge on any atom is 0.0689 e. The molecular formula is C18H27NO2. The largest absolute Gasteiger partial charge is 0.395 e. The van der Waals surface area contributed by atoms with Gasteiger partial charge in [0.1, 0.15) is 0 Å². The molecule has 1 heterocycles. The molecule has 0 saturated heterocycles. The number of aliphatic hydroxyl groups excluding tert-OH is 1. The fraction of sp³-hybridized carbons (Fsp3) is 0.556. The monoisotopic (exact) mass is 289 g/mol. The lowest BCUT2D eigenvalue weighted by molar-refractivity contribution is 0.0827. The van der Waals surface area contributed by atoms with Gasteiger partial charge in [0, 0.05) is 19.1 Å². The lowest BCUT2D eigenvalue weighted by Gasteiger charge is -2.34. The number of nitrogens with zero attached hydrogens (tertiary/aromatic N) is 1. The topological polar surface area (TPSA) is 32.7 Å². The molecule has 1 aromatic carbocycles. The molecule has 1 aromatic rings. The van der Waals surface area contributed by atoms with E-state index in [9.17, 15) is 5.11 Å². The molecule has 0 radical (unpaired) electrons. The summed E-state index contributed by atoms with van der Waals surface area (Å²) in [5.41, 5.74) is 2.62. The van der Waals surface area contributed by atoms with Gasteiger partial charge in [0.05, 0.1) is 19.8 Å². The Hall–Kier alpha value is -1.16. The summed E-state index contributed by atoms with van der Waals surface area (Å²) in [5, 5.41) is 9.78. The van der Waals surface area contributed by atoms with Crippen LogP contribution in [0, 0.1) is 5.92 Å². The number of hydrogen-bond acceptors (Lipinski definition) is 3. The van der Waals surface area contributed by atoms with E-state index >= 15 is 0 Å². The predicted molar refractivity (Wildman–Crippen MR) is 86.1 cm³/mol. The Morgan fingerprint density at radius 3 is 2.52 bits per heavy atom. The van der Waals surface area contributed by atoms with Crippen LogP contribution in [0.2, 0.25) is 0 Å². The average molecular weight is 289 g/mol. The molecule has 1 aliphatic heterocycles. The molecule has 0 amide bonds. The van der Waals surface area contributed by atoms with Gasteiger partial charge in [-0.15, -0.1) is 0 Å². The van der Waals surface area contributed by atoms with Crippen LogP contribution in [0.1, 0.15) is 25.8 Å². The van der Waals surface area contributed by atoms with Gasteiger partial charge in [0.25, 0.3) is 0 Å². The predicted octanol–water partition coefficient (Wildman–Crippen LogP) is 2.85. The first kappa shape index (κ1) is 16.2. The lowest BCUT2D eigenvalue weighted by Crippen LogP contribution is -2.42. The number of aliphatic hydroxyl groups is 1. The van der Waals surface area contributed by atoms with Crippen molar-refractivity contribution < 1.29 is 9.84 Å². The molecule has 0 bridgehead atoms. The second-order valence-electron chi connectivity index (χ2n) is 6.09. The number of hydrogen-bond donors (Lipinski definition) is 1. The molecule has 3 nitrogen and oxygen atoms in total. The van der Waals surface area contributed by atoms with Crippen molar-refractivity contribution >= 4 is 0 Å². The molecule has 1 unspecified atom stereocenters. The summed E-state index contributed by atoms with van der Waals surface area (Å²) in [4.78, 5) is 2.38. The lowest BCUT2D eigenvalue weighted by atomic mass is 10.0.